The van der Waals surface area contributed by atoms with Gasteiger partial charge in [0.05, 0.1) is 7.11 Å². The van der Waals surface area contributed by atoms with Gasteiger partial charge in [0, 0.05) is 12.1 Å². The second kappa shape index (κ2) is 7.25. The van der Waals surface area contributed by atoms with Gasteiger partial charge in [-0.25, -0.2) is 0 Å². The van der Waals surface area contributed by atoms with Crippen LogP contribution in [-0.4, -0.2) is 49.2 Å². The van der Waals surface area contributed by atoms with E-state index < -0.39 is 5.54 Å². The predicted octanol–water partition coefficient (Wildman–Crippen LogP) is 2.18. The van der Waals surface area contributed by atoms with Gasteiger partial charge in [0.15, 0.2) is 0 Å². The Kier molecular flexibility index (Phi) is 6.27. The summed E-state index contributed by atoms with van der Waals surface area (Å²) in [6, 6.07) is 1.02. The van der Waals surface area contributed by atoms with Crippen LogP contribution in [0, 0.1) is 0 Å². The molecule has 0 heterocycles. The molecule has 3 unspecified atom stereocenters. The molecule has 0 aromatic heterocycles. The number of nitrogens with one attached hydrogen (secondary N) is 1. The first-order chi connectivity index (χ1) is 9.00. The number of hydrogen-bond donors (Lipinski definition) is 1. The van der Waals surface area contributed by atoms with Crippen molar-refractivity contribution in [3.05, 3.63) is 0 Å². The normalized spacial score (nSPS) is 29.3. The molecule has 3 atom stereocenters. The maximum Gasteiger partial charge on any atom is 0.326 e. The highest BCUT2D eigenvalue weighted by Gasteiger charge is 2.44. The molecule has 0 saturated heterocycles. The number of esters is 1. The van der Waals surface area contributed by atoms with Crippen LogP contribution in [0.25, 0.3) is 0 Å². The van der Waals surface area contributed by atoms with Crippen LogP contribution in [0.2, 0.25) is 0 Å². The van der Waals surface area contributed by atoms with E-state index in [2.05, 4.69) is 31.1 Å². The number of carbonyl (C=O) groups is 1. The van der Waals surface area contributed by atoms with E-state index in [0.29, 0.717) is 12.1 Å². The van der Waals surface area contributed by atoms with Crippen molar-refractivity contribution in [3.8, 4) is 0 Å². The van der Waals surface area contributed by atoms with Gasteiger partial charge in [0.1, 0.15) is 5.54 Å². The molecule has 0 radical (unpaired) electrons. The fourth-order valence-corrected chi connectivity index (χ4v) is 3.19. The minimum atomic E-state index is -0.478. The highest BCUT2D eigenvalue weighted by atomic mass is 16.5. The van der Waals surface area contributed by atoms with E-state index in [4.69, 9.17) is 4.74 Å². The Morgan fingerprint density at radius 3 is 2.74 bits per heavy atom. The molecule has 1 saturated carbocycles. The Morgan fingerprint density at radius 2 is 2.21 bits per heavy atom. The SMILES string of the molecule is CCNC1(C(=O)OC)CCCC(N(C)C(C)CC)C1. The molecule has 0 aromatic carbocycles. The first kappa shape index (κ1) is 16.4. The molecule has 1 rings (SSSR count). The topological polar surface area (TPSA) is 41.6 Å². The third kappa shape index (κ3) is 3.69. The summed E-state index contributed by atoms with van der Waals surface area (Å²) < 4.78 is 5.04. The summed E-state index contributed by atoms with van der Waals surface area (Å²) in [7, 11) is 3.67. The quantitative estimate of drug-likeness (QED) is 0.751. The van der Waals surface area contributed by atoms with Crippen LogP contribution in [0.5, 0.6) is 0 Å². The lowest BCUT2D eigenvalue weighted by Crippen LogP contribution is -2.59. The number of likely N-dealkylation sites (N-methyl/N-ethyl adjacent to an activating group) is 1. The van der Waals surface area contributed by atoms with Crippen LogP contribution < -0.4 is 5.32 Å². The van der Waals surface area contributed by atoms with Crippen molar-refractivity contribution < 1.29 is 9.53 Å². The van der Waals surface area contributed by atoms with Crippen molar-refractivity contribution in [3.63, 3.8) is 0 Å². The Balaban J connectivity index is 2.82. The summed E-state index contributed by atoms with van der Waals surface area (Å²) in [5.41, 5.74) is -0.478. The number of methoxy groups -OCH3 is 1. The average Bonchev–Trinajstić information content (AvgIpc) is 2.45. The molecule has 0 aromatic rings. The van der Waals surface area contributed by atoms with Gasteiger partial charge >= 0.3 is 5.97 Å². The van der Waals surface area contributed by atoms with Gasteiger partial charge in [-0.15, -0.1) is 0 Å². The lowest BCUT2D eigenvalue weighted by Gasteiger charge is -2.44. The lowest BCUT2D eigenvalue weighted by molar-refractivity contribution is -0.151. The van der Waals surface area contributed by atoms with E-state index >= 15 is 0 Å². The highest BCUT2D eigenvalue weighted by Crippen LogP contribution is 2.32. The van der Waals surface area contributed by atoms with Crippen molar-refractivity contribution in [2.45, 2.75) is 70.5 Å². The number of nitrogens with zero attached hydrogens (tertiary/aromatic N) is 1. The lowest BCUT2D eigenvalue weighted by atomic mass is 9.78. The molecule has 1 aliphatic rings. The van der Waals surface area contributed by atoms with E-state index in [-0.39, 0.29) is 5.97 Å². The molecule has 1 aliphatic carbocycles. The molecular weight excluding hydrogens is 240 g/mol. The van der Waals surface area contributed by atoms with Gasteiger partial charge < -0.3 is 15.0 Å². The first-order valence-corrected chi connectivity index (χ1v) is 7.56. The van der Waals surface area contributed by atoms with Crippen molar-refractivity contribution in [2.75, 3.05) is 20.7 Å². The molecule has 19 heavy (non-hydrogen) atoms. The van der Waals surface area contributed by atoms with E-state index in [9.17, 15) is 4.79 Å². The maximum atomic E-state index is 12.2. The van der Waals surface area contributed by atoms with Gasteiger partial charge in [-0.1, -0.05) is 13.8 Å². The fourth-order valence-electron chi connectivity index (χ4n) is 3.19. The maximum absolute atomic E-state index is 12.2. The molecule has 4 nitrogen and oxygen atoms in total. The molecular formula is C15H30N2O2. The Bertz CT molecular complexity index is 292. The highest BCUT2D eigenvalue weighted by molar-refractivity contribution is 5.81. The van der Waals surface area contributed by atoms with E-state index in [1.54, 1.807) is 0 Å². The van der Waals surface area contributed by atoms with Gasteiger partial charge in [-0.2, -0.15) is 0 Å². The summed E-state index contributed by atoms with van der Waals surface area (Å²) in [5, 5.41) is 3.39. The monoisotopic (exact) mass is 270 g/mol. The van der Waals surface area contributed by atoms with Crippen LogP contribution in [0.4, 0.5) is 0 Å². The van der Waals surface area contributed by atoms with E-state index in [1.807, 2.05) is 6.92 Å². The molecule has 0 bridgehead atoms. The van der Waals surface area contributed by atoms with Crippen LogP contribution in [0.3, 0.4) is 0 Å². The molecule has 0 aliphatic heterocycles. The third-order valence-electron chi connectivity index (χ3n) is 4.68. The summed E-state index contributed by atoms with van der Waals surface area (Å²) in [6.45, 7) is 7.31. The molecule has 0 spiro atoms. The number of rotatable bonds is 6. The Labute approximate surface area is 117 Å². The Hall–Kier alpha value is -0.610. The smallest absolute Gasteiger partial charge is 0.326 e. The van der Waals surface area contributed by atoms with Gasteiger partial charge in [0.2, 0.25) is 0 Å². The van der Waals surface area contributed by atoms with E-state index in [0.717, 1.165) is 32.2 Å². The minimum Gasteiger partial charge on any atom is -0.468 e. The van der Waals surface area contributed by atoms with Crippen LogP contribution in [0.1, 0.15) is 52.9 Å². The second-order valence-electron chi connectivity index (χ2n) is 5.78. The van der Waals surface area contributed by atoms with Crippen molar-refractivity contribution in [2.24, 2.45) is 0 Å². The van der Waals surface area contributed by atoms with Crippen LogP contribution >= 0.6 is 0 Å². The zero-order valence-electron chi connectivity index (χ0n) is 13.2. The average molecular weight is 270 g/mol. The molecule has 4 heteroatoms. The zero-order valence-corrected chi connectivity index (χ0v) is 13.2. The predicted molar refractivity (Wildman–Crippen MR) is 78.2 cm³/mol. The van der Waals surface area contributed by atoms with Gasteiger partial charge in [-0.3, -0.25) is 4.79 Å². The Morgan fingerprint density at radius 1 is 1.53 bits per heavy atom. The van der Waals surface area contributed by atoms with Crippen LogP contribution in [-0.2, 0) is 9.53 Å². The second-order valence-corrected chi connectivity index (χ2v) is 5.78. The van der Waals surface area contributed by atoms with Crippen molar-refractivity contribution in [1.29, 1.82) is 0 Å². The first-order valence-electron chi connectivity index (χ1n) is 7.56. The van der Waals surface area contributed by atoms with Gasteiger partial charge in [0.25, 0.3) is 0 Å². The van der Waals surface area contributed by atoms with Crippen molar-refractivity contribution >= 4 is 5.97 Å². The van der Waals surface area contributed by atoms with E-state index in [1.165, 1.54) is 13.5 Å². The third-order valence-corrected chi connectivity index (χ3v) is 4.68. The molecule has 1 fully saturated rings. The molecule has 0 amide bonds. The summed E-state index contributed by atoms with van der Waals surface area (Å²) in [5.74, 6) is -0.100. The fraction of sp³-hybridized carbons (Fsp3) is 0.933. The summed E-state index contributed by atoms with van der Waals surface area (Å²) in [4.78, 5) is 14.6. The number of ether oxygens (including phenoxy) is 1. The molecule has 1 N–H and O–H groups in total. The van der Waals surface area contributed by atoms with Crippen molar-refractivity contribution in [1.82, 2.24) is 10.2 Å². The standard InChI is InChI=1S/C15H30N2O2/c1-6-12(3)17(4)13-9-8-10-15(11-13,16-7-2)14(18)19-5/h12-13,16H,6-11H2,1-5H3. The number of carbonyl (C=O) groups excluding carboxylic acids is 1. The largest absolute Gasteiger partial charge is 0.468 e. The summed E-state index contributed by atoms with van der Waals surface area (Å²) in [6.07, 6.45) is 5.13. The van der Waals surface area contributed by atoms with Crippen LogP contribution in [0.15, 0.2) is 0 Å². The minimum absolute atomic E-state index is 0.100. The summed E-state index contributed by atoms with van der Waals surface area (Å²) >= 11 is 0. The van der Waals surface area contributed by atoms with Gasteiger partial charge in [-0.05, 0) is 52.6 Å². The zero-order chi connectivity index (χ0) is 14.5. The molecule has 112 valence electrons. The number of hydrogen-bond acceptors (Lipinski definition) is 4.